The molecule has 0 fully saturated rings. The van der Waals surface area contributed by atoms with Crippen molar-refractivity contribution in [2.24, 2.45) is 0 Å². The highest BCUT2D eigenvalue weighted by Crippen LogP contribution is 2.33. The second kappa shape index (κ2) is 12.9. The van der Waals surface area contributed by atoms with E-state index in [4.69, 9.17) is 4.98 Å². The van der Waals surface area contributed by atoms with Crippen LogP contribution < -0.4 is 10.6 Å². The quantitative estimate of drug-likeness (QED) is 0.195. The largest absolute Gasteiger partial charge is 0.384 e. The van der Waals surface area contributed by atoms with E-state index in [9.17, 15) is 0 Å². The minimum atomic E-state index is 0.336. The number of anilines is 1. The number of hydrogen-bond donors (Lipinski definition) is 2. The van der Waals surface area contributed by atoms with E-state index < -0.39 is 0 Å². The molecule has 0 radical (unpaired) electrons. The van der Waals surface area contributed by atoms with Gasteiger partial charge in [0.1, 0.15) is 0 Å². The van der Waals surface area contributed by atoms with Crippen LogP contribution in [0.4, 0.5) is 5.69 Å². The molecule has 2 heterocycles. The van der Waals surface area contributed by atoms with E-state index in [-0.39, 0.29) is 0 Å². The fourth-order valence-electron chi connectivity index (χ4n) is 5.76. The molecule has 1 unspecified atom stereocenters. The third kappa shape index (κ3) is 6.56. The number of benzene rings is 3. The van der Waals surface area contributed by atoms with Crippen molar-refractivity contribution in [2.45, 2.75) is 44.9 Å². The van der Waals surface area contributed by atoms with Crippen LogP contribution in [0, 0.1) is 0 Å². The average Bonchev–Trinajstić information content (AvgIpc) is 3.01. The van der Waals surface area contributed by atoms with Gasteiger partial charge in [-0.1, -0.05) is 66.7 Å². The van der Waals surface area contributed by atoms with Gasteiger partial charge in [-0.15, -0.1) is 0 Å². The number of aromatic nitrogens is 2. The zero-order valence-corrected chi connectivity index (χ0v) is 23.0. The van der Waals surface area contributed by atoms with E-state index >= 15 is 0 Å². The molecule has 40 heavy (non-hydrogen) atoms. The van der Waals surface area contributed by atoms with E-state index in [1.54, 1.807) is 0 Å². The second-order valence-corrected chi connectivity index (χ2v) is 10.7. The van der Waals surface area contributed by atoms with Crippen LogP contribution in [0.1, 0.15) is 47.0 Å². The fourth-order valence-corrected chi connectivity index (χ4v) is 5.76. The van der Waals surface area contributed by atoms with Crippen LogP contribution in [0.25, 0.3) is 10.8 Å². The minimum absolute atomic E-state index is 0.336. The van der Waals surface area contributed by atoms with E-state index in [1.807, 2.05) is 24.5 Å². The lowest BCUT2D eigenvalue weighted by Gasteiger charge is -2.35. The lowest BCUT2D eigenvalue weighted by molar-refractivity contribution is 0.172. The molecule has 5 nitrogen and oxygen atoms in total. The maximum absolute atomic E-state index is 4.86. The number of pyridine rings is 2. The summed E-state index contributed by atoms with van der Waals surface area (Å²) in [5, 5.41) is 9.73. The van der Waals surface area contributed by atoms with Gasteiger partial charge in [0.2, 0.25) is 0 Å². The van der Waals surface area contributed by atoms with Gasteiger partial charge in [0.05, 0.1) is 17.4 Å². The molecule has 0 saturated carbocycles. The fraction of sp³-hybridized carbons (Fsp3) is 0.257. The number of nitrogens with zero attached hydrogens (tertiary/aromatic N) is 3. The Morgan fingerprint density at radius 1 is 0.750 bits per heavy atom. The van der Waals surface area contributed by atoms with Crippen molar-refractivity contribution in [2.75, 3.05) is 18.4 Å². The maximum atomic E-state index is 4.86. The molecule has 5 heteroatoms. The van der Waals surface area contributed by atoms with Crippen molar-refractivity contribution in [1.29, 1.82) is 0 Å². The SMILES string of the molecule is c1ccc(CNCc2ccc(CN(CCNc3ccc4ccccc4c3)C3CCCc4cccnc43)cc2)nc1. The Balaban J connectivity index is 1.12. The molecule has 5 aromatic rings. The van der Waals surface area contributed by atoms with Gasteiger partial charge in [-0.2, -0.15) is 0 Å². The smallest absolute Gasteiger partial charge is 0.0607 e. The molecule has 0 aliphatic heterocycles. The van der Waals surface area contributed by atoms with E-state index in [0.29, 0.717) is 6.04 Å². The summed E-state index contributed by atoms with van der Waals surface area (Å²) in [6.07, 6.45) is 7.28. The van der Waals surface area contributed by atoms with Crippen LogP contribution >= 0.6 is 0 Å². The topological polar surface area (TPSA) is 53.1 Å². The predicted octanol–water partition coefficient (Wildman–Crippen LogP) is 6.91. The van der Waals surface area contributed by atoms with Crippen LogP contribution in [-0.2, 0) is 26.1 Å². The normalized spacial score (nSPS) is 14.8. The zero-order valence-electron chi connectivity index (χ0n) is 23.0. The second-order valence-electron chi connectivity index (χ2n) is 10.7. The third-order valence-electron chi connectivity index (χ3n) is 7.85. The van der Waals surface area contributed by atoms with Gasteiger partial charge in [0.15, 0.2) is 0 Å². The molecule has 0 bridgehead atoms. The summed E-state index contributed by atoms with van der Waals surface area (Å²) in [5.41, 5.74) is 7.52. The van der Waals surface area contributed by atoms with Gasteiger partial charge in [-0.3, -0.25) is 14.9 Å². The van der Waals surface area contributed by atoms with Gasteiger partial charge >= 0.3 is 0 Å². The molecule has 0 amide bonds. The Morgan fingerprint density at radius 3 is 2.45 bits per heavy atom. The van der Waals surface area contributed by atoms with E-state index in [0.717, 1.165) is 51.3 Å². The average molecular weight is 528 g/mol. The Morgan fingerprint density at radius 2 is 1.57 bits per heavy atom. The van der Waals surface area contributed by atoms with Gasteiger partial charge in [-0.05, 0) is 77.1 Å². The first-order chi connectivity index (χ1) is 19.8. The van der Waals surface area contributed by atoms with Crippen LogP contribution in [0.2, 0.25) is 0 Å². The van der Waals surface area contributed by atoms with E-state index in [2.05, 4.69) is 105 Å². The van der Waals surface area contributed by atoms with Crippen molar-refractivity contribution in [3.8, 4) is 0 Å². The first-order valence-electron chi connectivity index (χ1n) is 14.4. The zero-order chi connectivity index (χ0) is 27.0. The van der Waals surface area contributed by atoms with Crippen LogP contribution in [0.15, 0.2) is 109 Å². The highest BCUT2D eigenvalue weighted by atomic mass is 15.2. The molecule has 6 rings (SSSR count). The summed E-state index contributed by atoms with van der Waals surface area (Å²) in [4.78, 5) is 11.9. The minimum Gasteiger partial charge on any atom is -0.384 e. The van der Waals surface area contributed by atoms with Gasteiger partial charge < -0.3 is 10.6 Å². The van der Waals surface area contributed by atoms with Crippen LogP contribution in [0.3, 0.4) is 0 Å². The van der Waals surface area contributed by atoms with Crippen LogP contribution in [0.5, 0.6) is 0 Å². The summed E-state index contributed by atoms with van der Waals surface area (Å²) in [5.74, 6) is 0. The van der Waals surface area contributed by atoms with Crippen molar-refractivity contribution in [1.82, 2.24) is 20.2 Å². The summed E-state index contributed by atoms with van der Waals surface area (Å²) in [7, 11) is 0. The molecule has 0 spiro atoms. The Bertz CT molecular complexity index is 1520. The van der Waals surface area contributed by atoms with Crippen LogP contribution in [-0.4, -0.2) is 28.0 Å². The number of nitrogens with one attached hydrogen (secondary N) is 2. The maximum Gasteiger partial charge on any atom is 0.0607 e. The first-order valence-corrected chi connectivity index (χ1v) is 14.4. The van der Waals surface area contributed by atoms with Gasteiger partial charge in [-0.25, -0.2) is 0 Å². The summed E-state index contributed by atoms with van der Waals surface area (Å²) in [6.45, 7) is 4.33. The Kier molecular flexibility index (Phi) is 8.42. The standard InChI is InChI=1S/C35H37N5/c1-2-8-31-23-32(18-17-29(31)7-1)38-21-22-40(34-12-5-9-30-10-6-20-39-35(30)34)26-28-15-13-27(14-16-28)24-36-25-33-11-3-4-19-37-33/h1-4,6-8,10-11,13-20,23,34,36,38H,5,9,12,21-22,24-26H2. The highest BCUT2D eigenvalue weighted by molar-refractivity contribution is 5.85. The first kappa shape index (κ1) is 26.2. The Hall–Kier alpha value is -4.06. The number of hydrogen-bond acceptors (Lipinski definition) is 5. The summed E-state index contributed by atoms with van der Waals surface area (Å²) >= 11 is 0. The lowest BCUT2D eigenvalue weighted by Crippen LogP contribution is -2.35. The monoisotopic (exact) mass is 527 g/mol. The number of aryl methyl sites for hydroxylation is 1. The molecule has 1 aliphatic carbocycles. The van der Waals surface area contributed by atoms with Gasteiger partial charge in [0.25, 0.3) is 0 Å². The summed E-state index contributed by atoms with van der Waals surface area (Å²) in [6, 6.07) is 34.9. The lowest BCUT2D eigenvalue weighted by atomic mass is 9.90. The molecular formula is C35H37N5. The number of rotatable bonds is 11. The van der Waals surface area contributed by atoms with Crippen molar-refractivity contribution in [3.05, 3.63) is 138 Å². The molecule has 0 saturated heterocycles. The van der Waals surface area contributed by atoms with Crippen molar-refractivity contribution < 1.29 is 0 Å². The molecule has 202 valence electrons. The molecule has 2 aromatic heterocycles. The number of fused-ring (bicyclic) bond motifs is 2. The highest BCUT2D eigenvalue weighted by Gasteiger charge is 2.27. The molecule has 1 atom stereocenters. The van der Waals surface area contributed by atoms with Gasteiger partial charge in [0, 0.05) is 50.8 Å². The molecule has 3 aromatic carbocycles. The van der Waals surface area contributed by atoms with E-state index in [1.165, 1.54) is 45.3 Å². The van der Waals surface area contributed by atoms with Crippen molar-refractivity contribution >= 4 is 16.5 Å². The molecule has 2 N–H and O–H groups in total. The Labute approximate surface area is 237 Å². The summed E-state index contributed by atoms with van der Waals surface area (Å²) < 4.78 is 0. The molecular weight excluding hydrogens is 490 g/mol. The predicted molar refractivity (Wildman–Crippen MR) is 164 cm³/mol. The molecule has 1 aliphatic rings. The third-order valence-corrected chi connectivity index (χ3v) is 7.85. The van der Waals surface area contributed by atoms with Crippen molar-refractivity contribution in [3.63, 3.8) is 0 Å².